The lowest BCUT2D eigenvalue weighted by Crippen LogP contribution is -2.55. The smallest absolute Gasteiger partial charge is 0.407 e. The lowest BCUT2D eigenvalue weighted by molar-refractivity contribution is 0.00273. The molecule has 88 valence electrons. The van der Waals surface area contributed by atoms with Gasteiger partial charge in [-0.1, -0.05) is 20.8 Å². The zero-order chi connectivity index (χ0) is 11.6. The first-order valence-corrected chi connectivity index (χ1v) is 5.48. The fourth-order valence-electron chi connectivity index (χ4n) is 2.66. The lowest BCUT2D eigenvalue weighted by Gasteiger charge is -2.46. The standard InChI is InChI=1S/C11H21NO3/c1-11(2,3)9-8(7-13)5-4-6-12(9)10(14)15/h8-9,13H,4-7H2,1-3H3,(H,14,15)/t8-,9?/m0/s1. The molecular weight excluding hydrogens is 194 g/mol. The number of aliphatic hydroxyl groups excluding tert-OH is 1. The highest BCUT2D eigenvalue weighted by Crippen LogP contribution is 2.35. The lowest BCUT2D eigenvalue weighted by atomic mass is 9.74. The molecule has 0 aromatic carbocycles. The summed E-state index contributed by atoms with van der Waals surface area (Å²) in [6.45, 7) is 6.75. The maximum Gasteiger partial charge on any atom is 0.407 e. The molecule has 0 radical (unpaired) electrons. The molecule has 1 saturated heterocycles. The highest BCUT2D eigenvalue weighted by molar-refractivity contribution is 5.65. The third kappa shape index (κ3) is 2.62. The maximum atomic E-state index is 11.1. The summed E-state index contributed by atoms with van der Waals surface area (Å²) >= 11 is 0. The van der Waals surface area contributed by atoms with Gasteiger partial charge in [-0.15, -0.1) is 0 Å². The molecule has 4 heteroatoms. The van der Waals surface area contributed by atoms with Gasteiger partial charge in [-0.25, -0.2) is 4.79 Å². The van der Waals surface area contributed by atoms with Crippen molar-refractivity contribution in [2.24, 2.45) is 11.3 Å². The number of aliphatic hydroxyl groups is 1. The minimum Gasteiger partial charge on any atom is -0.465 e. The molecule has 1 fully saturated rings. The Bertz CT molecular complexity index is 234. The molecule has 1 rings (SSSR count). The van der Waals surface area contributed by atoms with Crippen molar-refractivity contribution in [2.45, 2.75) is 39.7 Å². The molecule has 1 aliphatic heterocycles. The van der Waals surface area contributed by atoms with Gasteiger partial charge in [0.25, 0.3) is 0 Å². The Morgan fingerprint density at radius 1 is 1.47 bits per heavy atom. The molecule has 15 heavy (non-hydrogen) atoms. The Morgan fingerprint density at radius 2 is 2.07 bits per heavy atom. The highest BCUT2D eigenvalue weighted by atomic mass is 16.4. The molecule has 1 amide bonds. The molecule has 0 aliphatic carbocycles. The molecule has 1 unspecified atom stereocenters. The fraction of sp³-hybridized carbons (Fsp3) is 0.909. The number of likely N-dealkylation sites (tertiary alicyclic amines) is 1. The number of carboxylic acid groups (broad SMARTS) is 1. The Hall–Kier alpha value is -0.770. The van der Waals surface area contributed by atoms with Gasteiger partial charge >= 0.3 is 6.09 Å². The summed E-state index contributed by atoms with van der Waals surface area (Å²) in [5.41, 5.74) is -0.119. The van der Waals surface area contributed by atoms with Crippen molar-refractivity contribution in [2.75, 3.05) is 13.2 Å². The van der Waals surface area contributed by atoms with Gasteiger partial charge in [0.1, 0.15) is 0 Å². The van der Waals surface area contributed by atoms with E-state index in [0.29, 0.717) is 6.54 Å². The molecular formula is C11H21NO3. The minimum absolute atomic E-state index is 0.0751. The summed E-state index contributed by atoms with van der Waals surface area (Å²) in [5.74, 6) is 0.0786. The zero-order valence-electron chi connectivity index (χ0n) is 9.73. The van der Waals surface area contributed by atoms with Crippen molar-refractivity contribution in [3.63, 3.8) is 0 Å². The molecule has 1 aliphatic rings. The molecule has 2 N–H and O–H groups in total. The van der Waals surface area contributed by atoms with Gasteiger partial charge in [-0.05, 0) is 18.3 Å². The quantitative estimate of drug-likeness (QED) is 0.701. The number of amides is 1. The number of nitrogens with zero attached hydrogens (tertiary/aromatic N) is 1. The average Bonchev–Trinajstić information content (AvgIpc) is 2.15. The Balaban J connectivity index is 2.91. The summed E-state index contributed by atoms with van der Waals surface area (Å²) in [6, 6.07) is -0.0752. The average molecular weight is 215 g/mol. The second-order valence-corrected chi connectivity index (χ2v) is 5.37. The monoisotopic (exact) mass is 215 g/mol. The van der Waals surface area contributed by atoms with E-state index in [0.717, 1.165) is 12.8 Å². The van der Waals surface area contributed by atoms with Gasteiger partial charge in [-0.2, -0.15) is 0 Å². The number of carbonyl (C=O) groups is 1. The van der Waals surface area contributed by atoms with Crippen molar-refractivity contribution < 1.29 is 15.0 Å². The van der Waals surface area contributed by atoms with Crippen molar-refractivity contribution in [3.8, 4) is 0 Å². The van der Waals surface area contributed by atoms with Gasteiger partial charge in [0.15, 0.2) is 0 Å². The van der Waals surface area contributed by atoms with E-state index < -0.39 is 6.09 Å². The first-order chi connectivity index (χ1) is 6.88. The first-order valence-electron chi connectivity index (χ1n) is 5.48. The van der Waals surface area contributed by atoms with Crippen LogP contribution in [0.2, 0.25) is 0 Å². The van der Waals surface area contributed by atoms with Crippen LogP contribution in [0.15, 0.2) is 0 Å². The molecule has 0 saturated carbocycles. The fourth-order valence-corrected chi connectivity index (χ4v) is 2.66. The molecule has 0 aromatic heterocycles. The van der Waals surface area contributed by atoms with Gasteiger partial charge in [-0.3, -0.25) is 0 Å². The summed E-state index contributed by atoms with van der Waals surface area (Å²) in [7, 11) is 0. The maximum absolute atomic E-state index is 11.1. The first kappa shape index (κ1) is 12.3. The van der Waals surface area contributed by atoms with Gasteiger partial charge in [0.2, 0.25) is 0 Å². The largest absolute Gasteiger partial charge is 0.465 e. The number of hydrogen-bond donors (Lipinski definition) is 2. The number of rotatable bonds is 1. The third-order valence-corrected chi connectivity index (χ3v) is 3.12. The van der Waals surface area contributed by atoms with E-state index >= 15 is 0 Å². The summed E-state index contributed by atoms with van der Waals surface area (Å²) in [5, 5.41) is 18.4. The van der Waals surface area contributed by atoms with E-state index in [1.165, 1.54) is 4.90 Å². The summed E-state index contributed by atoms with van der Waals surface area (Å²) in [4.78, 5) is 12.6. The van der Waals surface area contributed by atoms with Crippen LogP contribution in [0.3, 0.4) is 0 Å². The van der Waals surface area contributed by atoms with Crippen LogP contribution in [0.4, 0.5) is 4.79 Å². The van der Waals surface area contributed by atoms with E-state index in [2.05, 4.69) is 0 Å². The van der Waals surface area contributed by atoms with Gasteiger partial charge < -0.3 is 15.1 Å². The zero-order valence-corrected chi connectivity index (χ0v) is 9.73. The van der Waals surface area contributed by atoms with Crippen LogP contribution in [0, 0.1) is 11.3 Å². The normalized spacial score (nSPS) is 27.9. The molecule has 2 atom stereocenters. The minimum atomic E-state index is -0.868. The van der Waals surface area contributed by atoms with Crippen LogP contribution in [-0.4, -0.2) is 40.4 Å². The Kier molecular flexibility index (Phi) is 3.60. The van der Waals surface area contributed by atoms with Crippen molar-refractivity contribution in [1.82, 2.24) is 4.90 Å². The van der Waals surface area contributed by atoms with Crippen LogP contribution in [0.1, 0.15) is 33.6 Å². The van der Waals surface area contributed by atoms with Crippen molar-refractivity contribution in [1.29, 1.82) is 0 Å². The molecule has 1 heterocycles. The Morgan fingerprint density at radius 3 is 2.47 bits per heavy atom. The molecule has 4 nitrogen and oxygen atoms in total. The van der Waals surface area contributed by atoms with E-state index in [1.54, 1.807) is 0 Å². The topological polar surface area (TPSA) is 60.8 Å². The predicted molar refractivity (Wildman–Crippen MR) is 57.8 cm³/mol. The van der Waals surface area contributed by atoms with Crippen molar-refractivity contribution in [3.05, 3.63) is 0 Å². The molecule has 0 aromatic rings. The van der Waals surface area contributed by atoms with E-state index in [1.807, 2.05) is 20.8 Å². The van der Waals surface area contributed by atoms with Crippen LogP contribution in [0.5, 0.6) is 0 Å². The second kappa shape index (κ2) is 4.39. The van der Waals surface area contributed by atoms with Crippen molar-refractivity contribution >= 4 is 6.09 Å². The van der Waals surface area contributed by atoms with Gasteiger partial charge in [0, 0.05) is 25.1 Å². The second-order valence-electron chi connectivity index (χ2n) is 5.37. The third-order valence-electron chi connectivity index (χ3n) is 3.12. The van der Waals surface area contributed by atoms with Gasteiger partial charge in [0.05, 0.1) is 0 Å². The van der Waals surface area contributed by atoms with Crippen LogP contribution in [-0.2, 0) is 0 Å². The van der Waals surface area contributed by atoms with Crippen LogP contribution >= 0.6 is 0 Å². The van der Waals surface area contributed by atoms with E-state index in [-0.39, 0.29) is 24.0 Å². The Labute approximate surface area is 90.9 Å². The van der Waals surface area contributed by atoms with E-state index in [4.69, 9.17) is 5.11 Å². The SMILES string of the molecule is CC(C)(C)C1[C@H](CO)CCCN1C(=O)O. The van der Waals surface area contributed by atoms with E-state index in [9.17, 15) is 9.90 Å². The van der Waals surface area contributed by atoms with Crippen LogP contribution in [0.25, 0.3) is 0 Å². The summed E-state index contributed by atoms with van der Waals surface area (Å²) < 4.78 is 0. The highest BCUT2D eigenvalue weighted by Gasteiger charge is 2.41. The van der Waals surface area contributed by atoms with Crippen LogP contribution < -0.4 is 0 Å². The number of piperidine rings is 1. The molecule has 0 bridgehead atoms. The molecule has 0 spiro atoms. The summed E-state index contributed by atoms with van der Waals surface area (Å²) in [6.07, 6.45) is 0.903. The number of hydrogen-bond acceptors (Lipinski definition) is 2. The predicted octanol–water partition coefficient (Wildman–Crippen LogP) is 1.78.